The van der Waals surface area contributed by atoms with E-state index in [0.717, 1.165) is 0 Å². The Kier molecular flexibility index (Phi) is 7.49. The van der Waals surface area contributed by atoms with Gasteiger partial charge >= 0.3 is 11.9 Å². The van der Waals surface area contributed by atoms with Crippen LogP contribution in [0.3, 0.4) is 0 Å². The number of hydrogen-bond acceptors (Lipinski definition) is 6. The molecule has 0 spiro atoms. The van der Waals surface area contributed by atoms with Gasteiger partial charge in [0.25, 0.3) is 0 Å². The minimum absolute atomic E-state index is 0.194. The molecule has 0 fully saturated rings. The van der Waals surface area contributed by atoms with Crippen LogP contribution in [-0.2, 0) is 28.5 Å². The Morgan fingerprint density at radius 3 is 2.25 bits per heavy atom. The second-order valence-electron chi connectivity index (χ2n) is 2.95. The van der Waals surface area contributed by atoms with Crippen molar-refractivity contribution in [2.45, 2.75) is 32.7 Å². The zero-order valence-corrected chi connectivity index (χ0v) is 10.0. The molecule has 6 heteroatoms. The molecule has 0 saturated carbocycles. The molecule has 0 aliphatic heterocycles. The van der Waals surface area contributed by atoms with E-state index in [1.807, 2.05) is 0 Å². The molecule has 0 radical (unpaired) electrons. The first-order valence-electron chi connectivity index (χ1n) is 4.96. The minimum atomic E-state index is -1.00. The fourth-order valence-corrected chi connectivity index (χ4v) is 1.06. The fraction of sp³-hybridized carbons (Fsp3) is 0.800. The van der Waals surface area contributed by atoms with Gasteiger partial charge in [0.2, 0.25) is 0 Å². The summed E-state index contributed by atoms with van der Waals surface area (Å²) in [6.45, 7) is 3.89. The minimum Gasteiger partial charge on any atom is -0.469 e. The van der Waals surface area contributed by atoms with Crippen LogP contribution in [0.1, 0.15) is 20.3 Å². The summed E-state index contributed by atoms with van der Waals surface area (Å²) in [6, 6.07) is 0. The predicted molar refractivity (Wildman–Crippen MR) is 54.6 cm³/mol. The smallest absolute Gasteiger partial charge is 0.335 e. The molecular formula is C10H18O6. The maximum Gasteiger partial charge on any atom is 0.335 e. The van der Waals surface area contributed by atoms with Gasteiger partial charge in [0.1, 0.15) is 0 Å². The van der Waals surface area contributed by atoms with Crippen molar-refractivity contribution in [3.8, 4) is 0 Å². The van der Waals surface area contributed by atoms with E-state index in [2.05, 4.69) is 9.47 Å². The molecule has 2 unspecified atom stereocenters. The highest BCUT2D eigenvalue weighted by Gasteiger charge is 2.26. The van der Waals surface area contributed by atoms with Crippen LogP contribution in [0, 0.1) is 0 Å². The first-order chi connectivity index (χ1) is 7.54. The van der Waals surface area contributed by atoms with Crippen LogP contribution < -0.4 is 0 Å². The third-order valence-electron chi connectivity index (χ3n) is 1.80. The van der Waals surface area contributed by atoms with Gasteiger partial charge in [-0.15, -0.1) is 0 Å². The number of carbonyl (C=O) groups excluding carboxylic acids is 2. The lowest BCUT2D eigenvalue weighted by molar-refractivity contribution is -0.189. The SMILES string of the molecule is CCOC(C)OC(CC(=O)OC)C(=O)OC. The van der Waals surface area contributed by atoms with Crippen LogP contribution in [0.5, 0.6) is 0 Å². The van der Waals surface area contributed by atoms with E-state index in [1.54, 1.807) is 13.8 Å². The molecule has 0 aliphatic rings. The Balaban J connectivity index is 4.31. The summed E-state index contributed by atoms with van der Waals surface area (Å²) in [7, 11) is 2.46. The van der Waals surface area contributed by atoms with E-state index in [1.165, 1.54) is 14.2 Å². The van der Waals surface area contributed by atoms with Gasteiger partial charge in [0, 0.05) is 6.61 Å². The zero-order valence-electron chi connectivity index (χ0n) is 10.0. The molecule has 0 rings (SSSR count). The number of ether oxygens (including phenoxy) is 4. The van der Waals surface area contributed by atoms with Gasteiger partial charge < -0.3 is 18.9 Å². The molecule has 0 aromatic carbocycles. The summed E-state index contributed by atoms with van der Waals surface area (Å²) in [4.78, 5) is 22.3. The molecule has 2 atom stereocenters. The average molecular weight is 234 g/mol. The highest BCUT2D eigenvalue weighted by molar-refractivity contribution is 5.81. The number of hydrogen-bond donors (Lipinski definition) is 0. The first kappa shape index (κ1) is 14.9. The number of rotatable bonds is 7. The molecule has 16 heavy (non-hydrogen) atoms. The van der Waals surface area contributed by atoms with Gasteiger partial charge in [-0.05, 0) is 13.8 Å². The fourth-order valence-electron chi connectivity index (χ4n) is 1.06. The van der Waals surface area contributed by atoms with E-state index in [-0.39, 0.29) is 6.42 Å². The zero-order chi connectivity index (χ0) is 12.6. The van der Waals surface area contributed by atoms with Crippen LogP contribution in [0.25, 0.3) is 0 Å². The van der Waals surface area contributed by atoms with Crippen molar-refractivity contribution in [1.29, 1.82) is 0 Å². The Hall–Kier alpha value is -1.14. The normalized spacial score (nSPS) is 14.0. The van der Waals surface area contributed by atoms with Gasteiger partial charge in [-0.3, -0.25) is 4.79 Å². The summed E-state index contributed by atoms with van der Waals surface area (Å²) in [5.41, 5.74) is 0. The Bertz CT molecular complexity index is 227. The lowest BCUT2D eigenvalue weighted by Gasteiger charge is -2.19. The lowest BCUT2D eigenvalue weighted by Crippen LogP contribution is -2.33. The summed E-state index contributed by atoms with van der Waals surface area (Å²) in [5, 5.41) is 0. The molecule has 94 valence electrons. The Morgan fingerprint density at radius 1 is 1.19 bits per heavy atom. The molecule has 0 aromatic rings. The number of methoxy groups -OCH3 is 2. The summed E-state index contributed by atoms with van der Waals surface area (Å²) < 4.78 is 19.3. The van der Waals surface area contributed by atoms with Gasteiger partial charge in [0.15, 0.2) is 12.4 Å². The largest absolute Gasteiger partial charge is 0.469 e. The van der Waals surface area contributed by atoms with E-state index < -0.39 is 24.3 Å². The van der Waals surface area contributed by atoms with Crippen molar-refractivity contribution < 1.29 is 28.5 Å². The molecule has 0 amide bonds. The van der Waals surface area contributed by atoms with Crippen molar-refractivity contribution in [2.75, 3.05) is 20.8 Å². The summed E-state index contributed by atoms with van der Waals surface area (Å²) in [5.74, 6) is -1.17. The van der Waals surface area contributed by atoms with Gasteiger partial charge in [-0.1, -0.05) is 0 Å². The second-order valence-corrected chi connectivity index (χ2v) is 2.95. The van der Waals surface area contributed by atoms with Crippen molar-refractivity contribution >= 4 is 11.9 Å². The first-order valence-corrected chi connectivity index (χ1v) is 4.96. The standard InChI is InChI=1S/C10H18O6/c1-5-15-7(2)16-8(10(12)14-4)6-9(11)13-3/h7-8H,5-6H2,1-4H3. The van der Waals surface area contributed by atoms with E-state index in [9.17, 15) is 9.59 Å². The molecular weight excluding hydrogens is 216 g/mol. The third kappa shape index (κ3) is 5.67. The maximum absolute atomic E-state index is 11.3. The lowest BCUT2D eigenvalue weighted by atomic mass is 10.2. The van der Waals surface area contributed by atoms with Crippen LogP contribution in [0.4, 0.5) is 0 Å². The van der Waals surface area contributed by atoms with Gasteiger partial charge in [-0.2, -0.15) is 0 Å². The summed E-state index contributed by atoms with van der Waals surface area (Å²) >= 11 is 0. The molecule has 6 nitrogen and oxygen atoms in total. The topological polar surface area (TPSA) is 71.1 Å². The monoisotopic (exact) mass is 234 g/mol. The average Bonchev–Trinajstić information content (AvgIpc) is 2.27. The Labute approximate surface area is 94.8 Å². The van der Waals surface area contributed by atoms with Gasteiger partial charge in [-0.25, -0.2) is 4.79 Å². The molecule has 0 aromatic heterocycles. The van der Waals surface area contributed by atoms with Crippen molar-refractivity contribution in [1.82, 2.24) is 0 Å². The Morgan fingerprint density at radius 2 is 1.81 bits per heavy atom. The quantitative estimate of drug-likeness (QED) is 0.471. The number of carbonyl (C=O) groups is 2. The molecule has 0 N–H and O–H groups in total. The van der Waals surface area contributed by atoms with Crippen molar-refractivity contribution in [2.24, 2.45) is 0 Å². The third-order valence-corrected chi connectivity index (χ3v) is 1.80. The second kappa shape index (κ2) is 8.06. The van der Waals surface area contributed by atoms with Crippen molar-refractivity contribution in [3.05, 3.63) is 0 Å². The van der Waals surface area contributed by atoms with Crippen LogP contribution in [0.2, 0.25) is 0 Å². The molecule has 0 bridgehead atoms. The van der Waals surface area contributed by atoms with E-state index in [0.29, 0.717) is 6.61 Å². The van der Waals surface area contributed by atoms with Crippen LogP contribution >= 0.6 is 0 Å². The van der Waals surface area contributed by atoms with Crippen LogP contribution in [-0.4, -0.2) is 45.2 Å². The van der Waals surface area contributed by atoms with E-state index in [4.69, 9.17) is 9.47 Å². The molecule has 0 saturated heterocycles. The summed E-state index contributed by atoms with van der Waals surface area (Å²) in [6.07, 6.45) is -1.78. The van der Waals surface area contributed by atoms with E-state index >= 15 is 0 Å². The highest BCUT2D eigenvalue weighted by Crippen LogP contribution is 2.07. The highest BCUT2D eigenvalue weighted by atomic mass is 16.7. The molecule has 0 aliphatic carbocycles. The van der Waals surface area contributed by atoms with Crippen LogP contribution in [0.15, 0.2) is 0 Å². The molecule has 0 heterocycles. The van der Waals surface area contributed by atoms with Crippen molar-refractivity contribution in [3.63, 3.8) is 0 Å². The van der Waals surface area contributed by atoms with Gasteiger partial charge in [0.05, 0.1) is 20.6 Å². The predicted octanol–water partition coefficient (Wildman–Crippen LogP) is 0.490. The number of esters is 2. The maximum atomic E-state index is 11.3.